The van der Waals surface area contributed by atoms with Crippen LogP contribution in [0.3, 0.4) is 0 Å². The molecule has 2 N–H and O–H groups in total. The second kappa shape index (κ2) is 6.78. The van der Waals surface area contributed by atoms with Crippen LogP contribution in [0.1, 0.15) is 33.6 Å². The van der Waals surface area contributed by atoms with Gasteiger partial charge < -0.3 is 19.7 Å². The highest BCUT2D eigenvalue weighted by Crippen LogP contribution is 2.37. The lowest BCUT2D eigenvalue weighted by atomic mass is 9.79. The van der Waals surface area contributed by atoms with Crippen molar-refractivity contribution in [1.82, 2.24) is 4.90 Å². The third-order valence-electron chi connectivity index (χ3n) is 6.04. The van der Waals surface area contributed by atoms with E-state index in [1.54, 1.807) is 6.92 Å². The number of esters is 2. The van der Waals surface area contributed by atoms with Gasteiger partial charge in [0, 0.05) is 13.1 Å². The minimum atomic E-state index is -2.01. The average molecular weight is 388 g/mol. The van der Waals surface area contributed by atoms with Crippen molar-refractivity contribution in [3.63, 3.8) is 0 Å². The number of alkyl halides is 1. The van der Waals surface area contributed by atoms with Gasteiger partial charge in [-0.1, -0.05) is 13.0 Å². The number of halogens is 1. The summed E-state index contributed by atoms with van der Waals surface area (Å²) >= 11 is 6.12. The maximum Gasteiger partial charge on any atom is 0.340 e. The van der Waals surface area contributed by atoms with Crippen LogP contribution in [0.4, 0.5) is 0 Å². The smallest absolute Gasteiger partial charge is 0.340 e. The highest BCUT2D eigenvalue weighted by atomic mass is 35.5. The lowest BCUT2D eigenvalue weighted by Crippen LogP contribution is -2.54. The molecule has 0 spiro atoms. The summed E-state index contributed by atoms with van der Waals surface area (Å²) in [5.74, 6) is -2.37. The van der Waals surface area contributed by atoms with Crippen LogP contribution < -0.4 is 0 Å². The van der Waals surface area contributed by atoms with Crippen LogP contribution in [0.2, 0.25) is 0 Å². The Morgan fingerprint density at radius 1 is 1.35 bits per heavy atom. The second-order valence-corrected chi connectivity index (χ2v) is 8.47. The van der Waals surface area contributed by atoms with Gasteiger partial charge in [-0.15, -0.1) is 11.6 Å². The SMILES string of the molecule is C[C@@H]1C[C@](O)([C@@H](C)Cl)C(=O)O[C@@H]2CCN3CC=C(COC(=O)[C@@]1(C)O)[C@H]23. The highest BCUT2D eigenvalue weighted by molar-refractivity contribution is 6.22. The van der Waals surface area contributed by atoms with Gasteiger partial charge in [-0.2, -0.15) is 0 Å². The van der Waals surface area contributed by atoms with Crippen LogP contribution in [0.15, 0.2) is 11.6 Å². The van der Waals surface area contributed by atoms with E-state index < -0.39 is 40.5 Å². The lowest BCUT2D eigenvalue weighted by Gasteiger charge is -2.37. The van der Waals surface area contributed by atoms with E-state index in [4.69, 9.17) is 21.1 Å². The predicted molar refractivity (Wildman–Crippen MR) is 93.6 cm³/mol. The van der Waals surface area contributed by atoms with Crippen molar-refractivity contribution >= 4 is 23.5 Å². The highest BCUT2D eigenvalue weighted by Gasteiger charge is 2.52. The topological polar surface area (TPSA) is 96.3 Å². The molecule has 2 saturated heterocycles. The first-order valence-electron chi connectivity index (χ1n) is 8.97. The number of aliphatic hydroxyl groups is 2. The maximum atomic E-state index is 12.8. The zero-order chi connectivity index (χ0) is 19.3. The van der Waals surface area contributed by atoms with Crippen molar-refractivity contribution in [2.45, 2.75) is 62.3 Å². The van der Waals surface area contributed by atoms with Gasteiger partial charge in [-0.05, 0) is 38.2 Å². The minimum absolute atomic E-state index is 0.0487. The number of hydrogen-bond donors (Lipinski definition) is 2. The van der Waals surface area contributed by atoms with Gasteiger partial charge >= 0.3 is 11.9 Å². The van der Waals surface area contributed by atoms with Crippen molar-refractivity contribution in [3.05, 3.63) is 11.6 Å². The normalized spacial score (nSPS) is 42.8. The molecule has 0 bridgehead atoms. The van der Waals surface area contributed by atoms with Crippen LogP contribution in [-0.4, -0.2) is 75.5 Å². The molecule has 3 rings (SSSR count). The largest absolute Gasteiger partial charge is 0.459 e. The molecular formula is C18H26ClNO6. The predicted octanol–water partition coefficient (Wildman–Crippen LogP) is 0.605. The summed E-state index contributed by atoms with van der Waals surface area (Å²) in [4.78, 5) is 27.4. The quantitative estimate of drug-likeness (QED) is 0.386. The van der Waals surface area contributed by atoms with E-state index >= 15 is 0 Å². The number of ether oxygens (including phenoxy) is 2. The van der Waals surface area contributed by atoms with Gasteiger partial charge in [0.2, 0.25) is 0 Å². The molecule has 3 aliphatic heterocycles. The van der Waals surface area contributed by atoms with E-state index in [0.29, 0.717) is 13.0 Å². The Kier molecular flexibility index (Phi) is 5.11. The van der Waals surface area contributed by atoms with Gasteiger partial charge in [-0.3, -0.25) is 4.90 Å². The first kappa shape index (κ1) is 19.6. The molecule has 8 heteroatoms. The monoisotopic (exact) mass is 387 g/mol. The van der Waals surface area contributed by atoms with Gasteiger partial charge in [0.1, 0.15) is 12.7 Å². The summed E-state index contributed by atoms with van der Waals surface area (Å²) in [7, 11) is 0. The van der Waals surface area contributed by atoms with E-state index in [-0.39, 0.29) is 19.1 Å². The Hall–Kier alpha value is -1.15. The van der Waals surface area contributed by atoms with Crippen LogP contribution >= 0.6 is 11.6 Å². The molecule has 146 valence electrons. The fourth-order valence-corrected chi connectivity index (χ4v) is 4.11. The summed E-state index contributed by atoms with van der Waals surface area (Å²) in [6.07, 6.45) is 1.95. The van der Waals surface area contributed by atoms with Gasteiger partial charge in [0.15, 0.2) is 11.2 Å². The molecule has 0 aliphatic carbocycles. The summed E-state index contributed by atoms with van der Waals surface area (Å²) < 4.78 is 11.0. The number of carbonyl (C=O) groups is 2. The van der Waals surface area contributed by atoms with Gasteiger partial charge in [-0.25, -0.2) is 9.59 Å². The summed E-state index contributed by atoms with van der Waals surface area (Å²) in [6.45, 7) is 5.88. The molecule has 0 aromatic carbocycles. The molecule has 0 unspecified atom stereocenters. The third kappa shape index (κ3) is 3.15. The minimum Gasteiger partial charge on any atom is -0.459 e. The van der Waals surface area contributed by atoms with Crippen LogP contribution in [-0.2, 0) is 19.1 Å². The number of cyclic esters (lactones) is 1. The maximum absolute atomic E-state index is 12.8. The van der Waals surface area contributed by atoms with Gasteiger partial charge in [0.25, 0.3) is 0 Å². The Balaban J connectivity index is 1.97. The molecule has 0 aromatic rings. The molecule has 7 nitrogen and oxygen atoms in total. The summed E-state index contributed by atoms with van der Waals surface area (Å²) in [6, 6.07) is -0.177. The fourth-order valence-electron chi connectivity index (χ4n) is 3.94. The summed E-state index contributed by atoms with van der Waals surface area (Å²) in [5, 5.41) is 20.6. The Morgan fingerprint density at radius 3 is 2.69 bits per heavy atom. The second-order valence-electron chi connectivity index (χ2n) is 7.82. The number of hydrogen-bond acceptors (Lipinski definition) is 7. The lowest BCUT2D eigenvalue weighted by molar-refractivity contribution is -0.183. The molecule has 0 aromatic heterocycles. The van der Waals surface area contributed by atoms with Crippen LogP contribution in [0.25, 0.3) is 0 Å². The van der Waals surface area contributed by atoms with Crippen LogP contribution in [0.5, 0.6) is 0 Å². The molecule has 3 heterocycles. The zero-order valence-electron chi connectivity index (χ0n) is 15.3. The van der Waals surface area contributed by atoms with Gasteiger partial charge in [0.05, 0.1) is 11.4 Å². The van der Waals surface area contributed by atoms with Crippen molar-refractivity contribution < 1.29 is 29.3 Å². The summed E-state index contributed by atoms with van der Waals surface area (Å²) in [5.41, 5.74) is -3.03. The van der Waals surface area contributed by atoms with E-state index in [0.717, 1.165) is 12.1 Å². The molecule has 0 amide bonds. The third-order valence-corrected chi connectivity index (χ3v) is 6.41. The molecule has 0 saturated carbocycles. The van der Waals surface area contributed by atoms with Crippen molar-refractivity contribution in [3.8, 4) is 0 Å². The van der Waals surface area contributed by atoms with Crippen molar-refractivity contribution in [2.24, 2.45) is 5.92 Å². The fraction of sp³-hybridized carbons (Fsp3) is 0.778. The standard InChI is InChI=1S/C18H26ClNO6/c1-10-8-18(24,11(2)19)16(22)26-13-5-7-20-6-4-12(14(13)20)9-25-15(21)17(10,3)23/h4,10-11,13-14,23-24H,5-9H2,1-3H3/t10-,11-,13-,14-,17+,18+/m1/s1. The van der Waals surface area contributed by atoms with E-state index in [1.165, 1.54) is 13.8 Å². The first-order valence-corrected chi connectivity index (χ1v) is 9.41. The van der Waals surface area contributed by atoms with E-state index in [9.17, 15) is 19.8 Å². The first-order chi connectivity index (χ1) is 12.1. The average Bonchev–Trinajstić information content (AvgIpc) is 3.14. The number of carbonyl (C=O) groups excluding carboxylic acids is 2. The molecule has 0 radical (unpaired) electrons. The molecule has 26 heavy (non-hydrogen) atoms. The number of rotatable bonds is 1. The van der Waals surface area contributed by atoms with E-state index in [2.05, 4.69) is 4.90 Å². The Bertz CT molecular complexity index is 633. The van der Waals surface area contributed by atoms with Crippen LogP contribution in [0, 0.1) is 5.92 Å². The molecule has 6 atom stereocenters. The molecule has 2 fully saturated rings. The Labute approximate surface area is 157 Å². The van der Waals surface area contributed by atoms with Crippen molar-refractivity contribution in [2.75, 3.05) is 19.7 Å². The molecule has 3 aliphatic rings. The number of nitrogens with zero attached hydrogens (tertiary/aromatic N) is 1. The van der Waals surface area contributed by atoms with E-state index in [1.807, 2.05) is 6.08 Å². The zero-order valence-corrected chi connectivity index (χ0v) is 16.0. The Morgan fingerprint density at radius 2 is 2.04 bits per heavy atom. The van der Waals surface area contributed by atoms with Crippen molar-refractivity contribution in [1.29, 1.82) is 0 Å². The molecular weight excluding hydrogens is 362 g/mol.